The molecule has 0 spiro atoms. The van der Waals surface area contributed by atoms with E-state index in [0.717, 1.165) is 5.56 Å². The number of carbonyl (C=O) groups excluding carboxylic acids is 1. The predicted molar refractivity (Wildman–Crippen MR) is 77.3 cm³/mol. The van der Waals surface area contributed by atoms with Crippen molar-refractivity contribution in [1.82, 2.24) is 10.5 Å². The lowest BCUT2D eigenvalue weighted by molar-refractivity contribution is 0.0878. The van der Waals surface area contributed by atoms with E-state index in [1.807, 2.05) is 45.0 Å². The molecule has 0 atom stereocenters. The normalized spacial score (nSPS) is 11.4. The summed E-state index contributed by atoms with van der Waals surface area (Å²) in [6, 6.07) is 9.49. The Morgan fingerprint density at radius 3 is 2.60 bits per heavy atom. The summed E-state index contributed by atoms with van der Waals surface area (Å²) < 4.78 is 5.10. The number of aromatic nitrogens is 1. The van der Waals surface area contributed by atoms with Crippen LogP contribution in [0.5, 0.6) is 0 Å². The van der Waals surface area contributed by atoms with Gasteiger partial charge in [-0.05, 0) is 20.8 Å². The fourth-order valence-electron chi connectivity index (χ4n) is 1.66. The zero-order valence-corrected chi connectivity index (χ0v) is 11.9. The van der Waals surface area contributed by atoms with Crippen LogP contribution in [-0.4, -0.2) is 23.1 Å². The molecule has 1 heterocycles. The van der Waals surface area contributed by atoms with Crippen LogP contribution >= 0.6 is 0 Å². The maximum Gasteiger partial charge on any atom is 0.290 e. The second-order valence-corrected chi connectivity index (χ2v) is 5.48. The number of hydrogen-bond donors (Lipinski definition) is 2. The Morgan fingerprint density at radius 2 is 2.00 bits per heavy atom. The first-order valence-corrected chi connectivity index (χ1v) is 6.47. The number of hydrogen-bond acceptors (Lipinski definition) is 4. The summed E-state index contributed by atoms with van der Waals surface area (Å²) in [4.78, 5) is 12.0. The van der Waals surface area contributed by atoms with Crippen molar-refractivity contribution in [2.45, 2.75) is 26.3 Å². The first kappa shape index (κ1) is 14.3. The summed E-state index contributed by atoms with van der Waals surface area (Å²) in [5, 5.41) is 6.72. The van der Waals surface area contributed by atoms with Crippen LogP contribution in [-0.2, 0) is 0 Å². The SMILES string of the molecule is Cc1ccc(-c2cc(C(=O)NC(C)(C)CN)on2)cc1. The van der Waals surface area contributed by atoms with Crippen LogP contribution in [0.4, 0.5) is 0 Å². The Kier molecular flexibility index (Phi) is 3.90. The number of benzene rings is 1. The van der Waals surface area contributed by atoms with Crippen molar-refractivity contribution < 1.29 is 9.32 Å². The number of nitrogens with one attached hydrogen (secondary N) is 1. The summed E-state index contributed by atoms with van der Waals surface area (Å²) in [7, 11) is 0. The van der Waals surface area contributed by atoms with Gasteiger partial charge in [-0.15, -0.1) is 0 Å². The van der Waals surface area contributed by atoms with E-state index in [-0.39, 0.29) is 11.7 Å². The molecular weight excluding hydrogens is 254 g/mol. The van der Waals surface area contributed by atoms with Gasteiger partial charge in [0.25, 0.3) is 5.91 Å². The highest BCUT2D eigenvalue weighted by atomic mass is 16.5. The second-order valence-electron chi connectivity index (χ2n) is 5.48. The Hall–Kier alpha value is -2.14. The minimum atomic E-state index is -0.478. The van der Waals surface area contributed by atoms with Crippen LogP contribution in [0, 0.1) is 6.92 Å². The average molecular weight is 273 g/mol. The highest BCUT2D eigenvalue weighted by molar-refractivity contribution is 5.92. The number of nitrogens with zero attached hydrogens (tertiary/aromatic N) is 1. The Balaban J connectivity index is 2.17. The van der Waals surface area contributed by atoms with Gasteiger partial charge < -0.3 is 15.6 Å². The molecule has 3 N–H and O–H groups in total. The summed E-state index contributed by atoms with van der Waals surface area (Å²) in [6.45, 7) is 6.06. The third-order valence-corrected chi connectivity index (χ3v) is 3.04. The van der Waals surface area contributed by atoms with Crippen LogP contribution in [0.15, 0.2) is 34.9 Å². The van der Waals surface area contributed by atoms with Crippen molar-refractivity contribution in [3.8, 4) is 11.3 Å². The van der Waals surface area contributed by atoms with Gasteiger partial charge in [0.1, 0.15) is 5.69 Å². The van der Waals surface area contributed by atoms with Gasteiger partial charge in [0.2, 0.25) is 5.76 Å². The predicted octanol–water partition coefficient (Wildman–Crippen LogP) is 2.12. The molecule has 0 fully saturated rings. The van der Waals surface area contributed by atoms with Crippen molar-refractivity contribution in [3.05, 3.63) is 41.7 Å². The maximum atomic E-state index is 12.0. The molecule has 0 aliphatic rings. The van der Waals surface area contributed by atoms with Crippen molar-refractivity contribution in [3.63, 3.8) is 0 Å². The van der Waals surface area contributed by atoms with E-state index in [1.165, 1.54) is 5.56 Å². The van der Waals surface area contributed by atoms with Gasteiger partial charge in [-0.2, -0.15) is 0 Å². The molecule has 0 aliphatic carbocycles. The minimum absolute atomic E-state index is 0.183. The van der Waals surface area contributed by atoms with E-state index >= 15 is 0 Å². The fraction of sp³-hybridized carbons (Fsp3) is 0.333. The lowest BCUT2D eigenvalue weighted by atomic mass is 10.1. The Morgan fingerprint density at radius 1 is 1.35 bits per heavy atom. The van der Waals surface area contributed by atoms with Gasteiger partial charge in [0, 0.05) is 23.7 Å². The third-order valence-electron chi connectivity index (χ3n) is 3.04. The second kappa shape index (κ2) is 5.46. The average Bonchev–Trinajstić information content (AvgIpc) is 2.89. The van der Waals surface area contributed by atoms with E-state index < -0.39 is 5.54 Å². The van der Waals surface area contributed by atoms with Gasteiger partial charge in [-0.1, -0.05) is 35.0 Å². The quantitative estimate of drug-likeness (QED) is 0.894. The summed E-state index contributed by atoms with van der Waals surface area (Å²) in [6.07, 6.45) is 0. The smallest absolute Gasteiger partial charge is 0.290 e. The van der Waals surface area contributed by atoms with Crippen LogP contribution in [0.25, 0.3) is 11.3 Å². The molecule has 1 aromatic carbocycles. The largest absolute Gasteiger partial charge is 0.350 e. The molecule has 20 heavy (non-hydrogen) atoms. The number of nitrogens with two attached hydrogens (primary N) is 1. The van der Waals surface area contributed by atoms with Gasteiger partial charge in [-0.25, -0.2) is 0 Å². The molecule has 5 heteroatoms. The van der Waals surface area contributed by atoms with Crippen molar-refractivity contribution >= 4 is 5.91 Å². The van der Waals surface area contributed by atoms with Crippen LogP contribution < -0.4 is 11.1 Å². The molecule has 0 aliphatic heterocycles. The monoisotopic (exact) mass is 273 g/mol. The lowest BCUT2D eigenvalue weighted by Crippen LogP contribution is -2.48. The van der Waals surface area contributed by atoms with Crippen molar-refractivity contribution in [2.75, 3.05) is 6.54 Å². The topological polar surface area (TPSA) is 81.2 Å². The molecule has 0 saturated carbocycles. The standard InChI is InChI=1S/C15H19N3O2/c1-10-4-6-11(7-5-10)12-8-13(20-18-12)14(19)17-15(2,3)9-16/h4-8H,9,16H2,1-3H3,(H,17,19). The number of rotatable bonds is 4. The van der Waals surface area contributed by atoms with Gasteiger partial charge in [0.05, 0.1) is 0 Å². The number of carbonyl (C=O) groups is 1. The molecule has 0 saturated heterocycles. The molecule has 0 bridgehead atoms. The zero-order valence-electron chi connectivity index (χ0n) is 11.9. The van der Waals surface area contributed by atoms with E-state index in [4.69, 9.17) is 10.3 Å². The van der Waals surface area contributed by atoms with E-state index in [0.29, 0.717) is 12.2 Å². The molecule has 5 nitrogen and oxygen atoms in total. The molecular formula is C15H19N3O2. The van der Waals surface area contributed by atoms with E-state index in [9.17, 15) is 4.79 Å². The Labute approximate surface area is 118 Å². The first-order valence-electron chi connectivity index (χ1n) is 6.47. The summed E-state index contributed by atoms with van der Waals surface area (Å²) in [5.74, 6) is -0.131. The summed E-state index contributed by atoms with van der Waals surface area (Å²) in [5.41, 5.74) is 7.82. The van der Waals surface area contributed by atoms with Crippen molar-refractivity contribution in [1.29, 1.82) is 0 Å². The zero-order chi connectivity index (χ0) is 14.8. The lowest BCUT2D eigenvalue weighted by Gasteiger charge is -2.23. The molecule has 106 valence electrons. The highest BCUT2D eigenvalue weighted by Gasteiger charge is 2.22. The number of amides is 1. The Bertz CT molecular complexity index is 600. The minimum Gasteiger partial charge on any atom is -0.350 e. The molecule has 1 aromatic heterocycles. The maximum absolute atomic E-state index is 12.0. The highest BCUT2D eigenvalue weighted by Crippen LogP contribution is 2.19. The van der Waals surface area contributed by atoms with Gasteiger partial charge in [-0.3, -0.25) is 4.79 Å². The molecule has 2 aromatic rings. The fourth-order valence-corrected chi connectivity index (χ4v) is 1.66. The third kappa shape index (κ3) is 3.24. The number of aryl methyl sites for hydroxylation is 1. The molecule has 1 amide bonds. The summed E-state index contributed by atoms with van der Waals surface area (Å²) >= 11 is 0. The molecule has 2 rings (SSSR count). The van der Waals surface area contributed by atoms with Crippen molar-refractivity contribution in [2.24, 2.45) is 5.73 Å². The van der Waals surface area contributed by atoms with Crippen LogP contribution in [0.1, 0.15) is 30.0 Å². The van der Waals surface area contributed by atoms with Crippen LogP contribution in [0.2, 0.25) is 0 Å². The van der Waals surface area contributed by atoms with Gasteiger partial charge >= 0.3 is 0 Å². The van der Waals surface area contributed by atoms with E-state index in [2.05, 4.69) is 10.5 Å². The first-order chi connectivity index (χ1) is 9.41. The molecule has 0 radical (unpaired) electrons. The van der Waals surface area contributed by atoms with Gasteiger partial charge in [0.15, 0.2) is 0 Å². The molecule has 0 unspecified atom stereocenters. The van der Waals surface area contributed by atoms with E-state index in [1.54, 1.807) is 6.07 Å². The van der Waals surface area contributed by atoms with Crippen LogP contribution in [0.3, 0.4) is 0 Å².